The highest BCUT2D eigenvalue weighted by molar-refractivity contribution is 6.00. The van der Waals surface area contributed by atoms with Crippen molar-refractivity contribution in [3.8, 4) is 6.07 Å². The summed E-state index contributed by atoms with van der Waals surface area (Å²) in [5.74, 6) is -0.578. The van der Waals surface area contributed by atoms with Crippen molar-refractivity contribution < 1.29 is 9.59 Å². The van der Waals surface area contributed by atoms with E-state index in [-0.39, 0.29) is 18.4 Å². The molecule has 1 heterocycles. The number of carbonyl (C=O) groups is 2. The number of nitriles is 1. The van der Waals surface area contributed by atoms with Crippen molar-refractivity contribution in [3.63, 3.8) is 0 Å². The topological polar surface area (TPSA) is 104 Å². The molecule has 1 saturated carbocycles. The van der Waals surface area contributed by atoms with Gasteiger partial charge in [-0.2, -0.15) is 5.26 Å². The molecule has 0 spiro atoms. The standard InChI is InChI=1S/C22H22N6O2/c1-27(14-21(29)24-17-9-6-15(13-23)7-10-17)22(30)16-8-11-20-19(12-16)25-26-28(20)18-4-2-3-5-18/h6-12,18H,2-5,14H2,1H3,(H,24,29). The van der Waals surface area contributed by atoms with E-state index in [0.717, 1.165) is 18.4 Å². The average molecular weight is 402 g/mol. The summed E-state index contributed by atoms with van der Waals surface area (Å²) in [6, 6.07) is 14.3. The highest BCUT2D eigenvalue weighted by Gasteiger charge is 2.21. The Hall–Kier alpha value is -3.73. The van der Waals surface area contributed by atoms with Gasteiger partial charge in [0.05, 0.1) is 29.7 Å². The maximum absolute atomic E-state index is 12.8. The Balaban J connectivity index is 1.42. The molecule has 1 aliphatic carbocycles. The number of fused-ring (bicyclic) bond motifs is 1. The first-order valence-corrected chi connectivity index (χ1v) is 9.95. The maximum Gasteiger partial charge on any atom is 0.254 e. The van der Waals surface area contributed by atoms with E-state index >= 15 is 0 Å². The maximum atomic E-state index is 12.8. The number of hydrogen-bond acceptors (Lipinski definition) is 5. The molecule has 1 aromatic heterocycles. The Kier molecular flexibility index (Phi) is 5.44. The molecule has 0 aliphatic heterocycles. The van der Waals surface area contributed by atoms with Gasteiger partial charge in [0, 0.05) is 18.3 Å². The number of nitrogens with zero attached hydrogens (tertiary/aromatic N) is 5. The molecular weight excluding hydrogens is 380 g/mol. The number of rotatable bonds is 5. The van der Waals surface area contributed by atoms with Crippen molar-refractivity contribution in [2.75, 3.05) is 18.9 Å². The molecule has 2 amide bonds. The second kappa shape index (κ2) is 8.33. The number of aromatic nitrogens is 3. The average Bonchev–Trinajstić information content (AvgIpc) is 3.42. The number of hydrogen-bond donors (Lipinski definition) is 1. The largest absolute Gasteiger partial charge is 0.332 e. The summed E-state index contributed by atoms with van der Waals surface area (Å²) in [5, 5.41) is 20.1. The lowest BCUT2D eigenvalue weighted by Crippen LogP contribution is -2.34. The molecule has 4 rings (SSSR count). The molecule has 0 saturated heterocycles. The highest BCUT2D eigenvalue weighted by atomic mass is 16.2. The minimum absolute atomic E-state index is 0.0916. The summed E-state index contributed by atoms with van der Waals surface area (Å²) in [6.45, 7) is -0.0916. The summed E-state index contributed by atoms with van der Waals surface area (Å²) in [4.78, 5) is 26.4. The lowest BCUT2D eigenvalue weighted by molar-refractivity contribution is -0.116. The van der Waals surface area contributed by atoms with Crippen molar-refractivity contribution in [2.24, 2.45) is 0 Å². The molecule has 0 unspecified atom stereocenters. The smallest absolute Gasteiger partial charge is 0.254 e. The van der Waals surface area contributed by atoms with Gasteiger partial charge in [-0.3, -0.25) is 9.59 Å². The fourth-order valence-electron chi connectivity index (χ4n) is 3.83. The van der Waals surface area contributed by atoms with Crippen molar-refractivity contribution in [3.05, 3.63) is 53.6 Å². The zero-order valence-electron chi connectivity index (χ0n) is 16.7. The van der Waals surface area contributed by atoms with Crippen LogP contribution < -0.4 is 5.32 Å². The van der Waals surface area contributed by atoms with Crippen molar-refractivity contribution in [1.29, 1.82) is 5.26 Å². The lowest BCUT2D eigenvalue weighted by atomic mass is 10.1. The minimum Gasteiger partial charge on any atom is -0.332 e. The van der Waals surface area contributed by atoms with Gasteiger partial charge in [-0.1, -0.05) is 18.1 Å². The molecule has 0 radical (unpaired) electrons. The number of amides is 2. The Morgan fingerprint density at radius 1 is 1.20 bits per heavy atom. The van der Waals surface area contributed by atoms with E-state index in [4.69, 9.17) is 5.26 Å². The predicted molar refractivity (Wildman–Crippen MR) is 112 cm³/mol. The van der Waals surface area contributed by atoms with Gasteiger partial charge in [0.2, 0.25) is 5.91 Å². The molecule has 1 N–H and O–H groups in total. The summed E-state index contributed by atoms with van der Waals surface area (Å²) < 4.78 is 1.96. The van der Waals surface area contributed by atoms with E-state index in [0.29, 0.717) is 28.4 Å². The molecule has 1 aliphatic rings. The van der Waals surface area contributed by atoms with Gasteiger partial charge in [0.15, 0.2) is 0 Å². The van der Waals surface area contributed by atoms with Crippen LogP contribution in [0.1, 0.15) is 47.6 Å². The first-order chi connectivity index (χ1) is 14.5. The van der Waals surface area contributed by atoms with Gasteiger partial charge in [-0.15, -0.1) is 5.10 Å². The SMILES string of the molecule is CN(CC(=O)Nc1ccc(C#N)cc1)C(=O)c1ccc2c(c1)nnn2C1CCCC1. The molecular formula is C22H22N6O2. The molecule has 0 atom stereocenters. The molecule has 8 heteroatoms. The summed E-state index contributed by atoms with van der Waals surface area (Å²) in [6.07, 6.45) is 4.63. The summed E-state index contributed by atoms with van der Waals surface area (Å²) in [5.41, 5.74) is 3.17. The zero-order valence-corrected chi connectivity index (χ0v) is 16.7. The van der Waals surface area contributed by atoms with E-state index in [2.05, 4.69) is 15.6 Å². The Morgan fingerprint density at radius 3 is 2.63 bits per heavy atom. The molecule has 152 valence electrons. The van der Waals surface area contributed by atoms with Gasteiger partial charge < -0.3 is 10.2 Å². The lowest BCUT2D eigenvalue weighted by Gasteiger charge is -2.17. The highest BCUT2D eigenvalue weighted by Crippen LogP contribution is 2.31. The Morgan fingerprint density at radius 2 is 1.93 bits per heavy atom. The number of nitrogens with one attached hydrogen (secondary N) is 1. The monoisotopic (exact) mass is 402 g/mol. The third kappa shape index (κ3) is 4.01. The molecule has 8 nitrogen and oxygen atoms in total. The quantitative estimate of drug-likeness (QED) is 0.706. The normalized spacial score (nSPS) is 13.9. The molecule has 1 fully saturated rings. The van der Waals surface area contributed by atoms with Crippen LogP contribution in [-0.2, 0) is 4.79 Å². The minimum atomic E-state index is -0.316. The Labute approximate surface area is 174 Å². The zero-order chi connectivity index (χ0) is 21.1. The third-order valence-electron chi connectivity index (χ3n) is 5.41. The molecule has 30 heavy (non-hydrogen) atoms. The van der Waals surface area contributed by atoms with Gasteiger partial charge in [-0.25, -0.2) is 4.68 Å². The van der Waals surface area contributed by atoms with Crippen LogP contribution in [0.4, 0.5) is 5.69 Å². The van der Waals surface area contributed by atoms with Crippen LogP contribution in [0.3, 0.4) is 0 Å². The summed E-state index contributed by atoms with van der Waals surface area (Å²) in [7, 11) is 1.58. The van der Waals surface area contributed by atoms with Crippen LogP contribution in [0.5, 0.6) is 0 Å². The summed E-state index contributed by atoms with van der Waals surface area (Å²) >= 11 is 0. The van der Waals surface area contributed by atoms with E-state index in [1.54, 1.807) is 43.4 Å². The van der Waals surface area contributed by atoms with Gasteiger partial charge in [-0.05, 0) is 55.3 Å². The third-order valence-corrected chi connectivity index (χ3v) is 5.41. The van der Waals surface area contributed by atoms with Crippen LogP contribution in [0.15, 0.2) is 42.5 Å². The van der Waals surface area contributed by atoms with Crippen molar-refractivity contribution in [1.82, 2.24) is 19.9 Å². The van der Waals surface area contributed by atoms with Crippen LogP contribution in [0.2, 0.25) is 0 Å². The molecule has 0 bridgehead atoms. The number of carbonyl (C=O) groups excluding carboxylic acids is 2. The van der Waals surface area contributed by atoms with Crippen LogP contribution >= 0.6 is 0 Å². The fraction of sp³-hybridized carbons (Fsp3) is 0.318. The van der Waals surface area contributed by atoms with Gasteiger partial charge in [0.1, 0.15) is 5.52 Å². The van der Waals surface area contributed by atoms with E-state index < -0.39 is 0 Å². The first-order valence-electron chi connectivity index (χ1n) is 9.95. The Bertz CT molecular complexity index is 1120. The van der Waals surface area contributed by atoms with Crippen molar-refractivity contribution in [2.45, 2.75) is 31.7 Å². The van der Waals surface area contributed by atoms with E-state index in [9.17, 15) is 9.59 Å². The van der Waals surface area contributed by atoms with Gasteiger partial charge in [0.25, 0.3) is 5.91 Å². The van der Waals surface area contributed by atoms with Crippen molar-refractivity contribution >= 4 is 28.5 Å². The van der Waals surface area contributed by atoms with Gasteiger partial charge >= 0.3 is 0 Å². The van der Waals surface area contributed by atoms with Crippen LogP contribution in [0, 0.1) is 11.3 Å². The molecule has 2 aromatic carbocycles. The number of likely N-dealkylation sites (N-methyl/N-ethyl adjacent to an activating group) is 1. The van der Waals surface area contributed by atoms with Crippen LogP contribution in [-0.4, -0.2) is 45.3 Å². The van der Waals surface area contributed by atoms with E-state index in [1.807, 2.05) is 16.8 Å². The second-order valence-electron chi connectivity index (χ2n) is 7.57. The van der Waals surface area contributed by atoms with E-state index in [1.165, 1.54) is 17.7 Å². The number of anilines is 1. The predicted octanol–water partition coefficient (Wildman–Crippen LogP) is 3.13. The van der Waals surface area contributed by atoms with Crippen LogP contribution in [0.25, 0.3) is 11.0 Å². The first kappa shape index (κ1) is 19.6. The molecule has 3 aromatic rings. The number of benzene rings is 2. The second-order valence-corrected chi connectivity index (χ2v) is 7.57. The fourth-order valence-corrected chi connectivity index (χ4v) is 3.83.